The van der Waals surface area contributed by atoms with E-state index in [-0.39, 0.29) is 0 Å². The number of benzene rings is 8. The highest BCUT2D eigenvalue weighted by atomic mass is 15.2. The highest BCUT2D eigenvalue weighted by molar-refractivity contribution is 6.11. The fraction of sp³-hybridized carbons (Fsp3) is 0.0192. The zero-order valence-electron chi connectivity index (χ0n) is 30.3. The molecule has 4 heteroatoms. The van der Waals surface area contributed by atoms with Crippen LogP contribution < -0.4 is 0 Å². The average Bonchev–Trinajstić information content (AvgIpc) is 3.88. The maximum Gasteiger partial charge on any atom is 0.238 e. The van der Waals surface area contributed by atoms with Crippen LogP contribution in [-0.4, -0.2) is 19.5 Å². The molecule has 10 aromatic rings. The molecule has 4 nitrogen and oxygen atoms in total. The smallest absolute Gasteiger partial charge is 0.238 e. The zero-order chi connectivity index (χ0) is 36.8. The van der Waals surface area contributed by atoms with Gasteiger partial charge in [-0.2, -0.15) is 9.97 Å². The second-order valence-electron chi connectivity index (χ2n) is 14.7. The number of rotatable bonds is 4. The summed E-state index contributed by atoms with van der Waals surface area (Å²) in [4.78, 5) is 15.3. The van der Waals surface area contributed by atoms with Gasteiger partial charge in [0.05, 0.1) is 16.4 Å². The van der Waals surface area contributed by atoms with Gasteiger partial charge in [-0.05, 0) is 73.8 Å². The summed E-state index contributed by atoms with van der Waals surface area (Å²) in [5.74, 6) is 1.86. The third-order valence-electron chi connectivity index (χ3n) is 11.9. The SMILES string of the molecule is c1ccc(-c2nc(-c3ccccc3)nc(-n3c4ccccc4c4cc(-c5cccc6c5C5(c7ccccc7-c7ccccc75)c5ccccc5-6)ccc43)n2)cc1. The highest BCUT2D eigenvalue weighted by Gasteiger charge is 2.52. The van der Waals surface area contributed by atoms with Crippen LogP contribution in [-0.2, 0) is 5.41 Å². The summed E-state index contributed by atoms with van der Waals surface area (Å²) < 4.78 is 2.20. The van der Waals surface area contributed by atoms with E-state index in [1.54, 1.807) is 0 Å². The predicted octanol–water partition coefficient (Wildman–Crippen LogP) is 12.3. The summed E-state index contributed by atoms with van der Waals surface area (Å²) >= 11 is 0. The van der Waals surface area contributed by atoms with Gasteiger partial charge < -0.3 is 0 Å². The van der Waals surface area contributed by atoms with Crippen LogP contribution in [0.25, 0.3) is 83.9 Å². The first-order valence-corrected chi connectivity index (χ1v) is 19.1. The molecule has 2 heterocycles. The van der Waals surface area contributed by atoms with E-state index in [1.165, 1.54) is 55.6 Å². The molecule has 1 spiro atoms. The molecule has 0 unspecified atom stereocenters. The molecule has 56 heavy (non-hydrogen) atoms. The van der Waals surface area contributed by atoms with Crippen LogP contribution in [0.5, 0.6) is 0 Å². The molecule has 0 radical (unpaired) electrons. The summed E-state index contributed by atoms with van der Waals surface area (Å²) in [5, 5.41) is 2.30. The van der Waals surface area contributed by atoms with E-state index in [2.05, 4.69) is 162 Å². The molecular weight excluding hydrogens is 681 g/mol. The number of para-hydroxylation sites is 1. The molecule has 0 N–H and O–H groups in total. The molecule has 0 saturated carbocycles. The monoisotopic (exact) mass is 712 g/mol. The van der Waals surface area contributed by atoms with Gasteiger partial charge in [0.15, 0.2) is 11.6 Å². The van der Waals surface area contributed by atoms with Crippen LogP contribution in [0.1, 0.15) is 22.3 Å². The van der Waals surface area contributed by atoms with E-state index in [0.29, 0.717) is 17.6 Å². The Morgan fingerprint density at radius 3 is 1.45 bits per heavy atom. The van der Waals surface area contributed by atoms with Crippen molar-refractivity contribution in [2.45, 2.75) is 5.41 Å². The van der Waals surface area contributed by atoms with Gasteiger partial charge in [-0.1, -0.05) is 176 Å². The van der Waals surface area contributed by atoms with Gasteiger partial charge in [0, 0.05) is 21.9 Å². The van der Waals surface area contributed by atoms with E-state index < -0.39 is 5.41 Å². The fourth-order valence-corrected chi connectivity index (χ4v) is 9.65. The Morgan fingerprint density at radius 1 is 0.339 bits per heavy atom. The summed E-state index contributed by atoms with van der Waals surface area (Å²) in [6.45, 7) is 0. The third-order valence-corrected chi connectivity index (χ3v) is 11.9. The largest absolute Gasteiger partial charge is 0.278 e. The number of hydrogen-bond acceptors (Lipinski definition) is 3. The average molecular weight is 713 g/mol. The summed E-state index contributed by atoms with van der Waals surface area (Å²) in [6.07, 6.45) is 0. The minimum Gasteiger partial charge on any atom is -0.278 e. The Balaban J connectivity index is 1.12. The van der Waals surface area contributed by atoms with E-state index in [1.807, 2.05) is 36.4 Å². The maximum atomic E-state index is 5.15. The van der Waals surface area contributed by atoms with Gasteiger partial charge in [0.2, 0.25) is 5.95 Å². The van der Waals surface area contributed by atoms with Gasteiger partial charge in [0.25, 0.3) is 0 Å². The molecule has 2 aliphatic rings. The minimum atomic E-state index is -0.439. The number of fused-ring (bicyclic) bond motifs is 13. The molecule has 8 aromatic carbocycles. The van der Waals surface area contributed by atoms with Gasteiger partial charge in [-0.25, -0.2) is 4.98 Å². The molecule has 0 atom stereocenters. The van der Waals surface area contributed by atoms with Gasteiger partial charge in [0.1, 0.15) is 0 Å². The van der Waals surface area contributed by atoms with Crippen molar-refractivity contribution in [1.29, 1.82) is 0 Å². The molecule has 0 saturated heterocycles. The van der Waals surface area contributed by atoms with E-state index in [9.17, 15) is 0 Å². The first kappa shape index (κ1) is 31.0. The number of hydrogen-bond donors (Lipinski definition) is 0. The van der Waals surface area contributed by atoms with Crippen molar-refractivity contribution >= 4 is 21.8 Å². The highest BCUT2D eigenvalue weighted by Crippen LogP contribution is 2.64. The Kier molecular flexibility index (Phi) is 6.52. The Hall–Kier alpha value is -7.43. The van der Waals surface area contributed by atoms with E-state index in [4.69, 9.17) is 15.0 Å². The van der Waals surface area contributed by atoms with Crippen molar-refractivity contribution in [2.75, 3.05) is 0 Å². The lowest BCUT2D eigenvalue weighted by Gasteiger charge is -2.32. The number of nitrogens with zero attached hydrogens (tertiary/aromatic N) is 4. The van der Waals surface area contributed by atoms with Crippen molar-refractivity contribution in [3.8, 4) is 62.1 Å². The maximum absolute atomic E-state index is 5.15. The van der Waals surface area contributed by atoms with Crippen LogP contribution in [0.4, 0.5) is 0 Å². The molecule has 0 bridgehead atoms. The summed E-state index contributed by atoms with van der Waals surface area (Å²) in [7, 11) is 0. The second kappa shape index (κ2) is 11.8. The van der Waals surface area contributed by atoms with Crippen molar-refractivity contribution < 1.29 is 0 Å². The lowest BCUT2D eigenvalue weighted by atomic mass is 9.68. The van der Waals surface area contributed by atoms with E-state index in [0.717, 1.165) is 32.9 Å². The van der Waals surface area contributed by atoms with Crippen molar-refractivity contribution in [1.82, 2.24) is 19.5 Å². The summed E-state index contributed by atoms with van der Waals surface area (Å²) in [5.41, 5.74) is 16.5. The summed E-state index contributed by atoms with van der Waals surface area (Å²) in [6, 6.07) is 69.7. The van der Waals surface area contributed by atoms with Gasteiger partial charge in [-0.3, -0.25) is 4.57 Å². The molecule has 0 fully saturated rings. The van der Waals surface area contributed by atoms with Gasteiger partial charge >= 0.3 is 0 Å². The second-order valence-corrected chi connectivity index (χ2v) is 14.7. The molecule has 2 aromatic heterocycles. The minimum absolute atomic E-state index is 0.439. The molecular formula is C52H32N4. The molecule has 0 amide bonds. The zero-order valence-corrected chi connectivity index (χ0v) is 30.3. The van der Waals surface area contributed by atoms with Gasteiger partial charge in [-0.15, -0.1) is 0 Å². The number of aromatic nitrogens is 4. The molecule has 2 aliphatic carbocycles. The molecule has 260 valence electrons. The predicted molar refractivity (Wildman–Crippen MR) is 227 cm³/mol. The normalized spacial score (nSPS) is 13.1. The van der Waals surface area contributed by atoms with E-state index >= 15 is 0 Å². The Bertz CT molecular complexity index is 3080. The molecule has 12 rings (SSSR count). The van der Waals surface area contributed by atoms with Crippen LogP contribution in [0.2, 0.25) is 0 Å². The van der Waals surface area contributed by atoms with Crippen molar-refractivity contribution in [3.05, 3.63) is 216 Å². The lowest BCUT2D eigenvalue weighted by Crippen LogP contribution is -2.26. The lowest BCUT2D eigenvalue weighted by molar-refractivity contribution is 0.796. The van der Waals surface area contributed by atoms with Crippen LogP contribution in [0.15, 0.2) is 194 Å². The van der Waals surface area contributed by atoms with Crippen LogP contribution in [0.3, 0.4) is 0 Å². The fourth-order valence-electron chi connectivity index (χ4n) is 9.65. The topological polar surface area (TPSA) is 43.6 Å². The molecule has 0 aliphatic heterocycles. The quantitative estimate of drug-likeness (QED) is 0.182. The van der Waals surface area contributed by atoms with Crippen LogP contribution in [0, 0.1) is 0 Å². The standard InChI is InChI=1S/C52H32N4/c1-3-16-33(17-4-1)49-53-50(34-18-5-2-6-19-34)55-51(54-49)56-46-29-14-10-23-40(46)42-32-35(30-31-47(42)56)36-24-15-25-41-39-22-9-13-28-45(39)52(48(36)41)43-26-11-7-20-37(43)38-21-8-12-27-44(38)52/h1-32H. The first-order chi connectivity index (χ1) is 27.8. The first-order valence-electron chi connectivity index (χ1n) is 19.1. The Labute approximate surface area is 324 Å². The third kappa shape index (κ3) is 4.21. The van der Waals surface area contributed by atoms with Crippen molar-refractivity contribution in [2.24, 2.45) is 0 Å². The Morgan fingerprint density at radius 2 is 0.821 bits per heavy atom. The van der Waals surface area contributed by atoms with Crippen LogP contribution >= 0.6 is 0 Å². The van der Waals surface area contributed by atoms with Crippen molar-refractivity contribution in [3.63, 3.8) is 0 Å².